The Labute approximate surface area is 175 Å². The number of methoxy groups -OCH3 is 1. The van der Waals surface area contributed by atoms with Crippen LogP contribution in [0.1, 0.15) is 12.0 Å². The Morgan fingerprint density at radius 1 is 1.23 bits per heavy atom. The van der Waals surface area contributed by atoms with E-state index >= 15 is 0 Å². The molecular weight excluding hydrogens is 406 g/mol. The van der Waals surface area contributed by atoms with E-state index in [2.05, 4.69) is 14.6 Å². The summed E-state index contributed by atoms with van der Waals surface area (Å²) in [7, 11) is -2.18. The molecule has 0 spiro atoms. The SMILES string of the molecule is COc1cccnc1N1CCN(C(=O)CCNS(=O)(=O)c2cccc(C#N)c2)CC1. The van der Waals surface area contributed by atoms with Crippen LogP contribution in [0, 0.1) is 11.3 Å². The highest BCUT2D eigenvalue weighted by Crippen LogP contribution is 2.25. The van der Waals surface area contributed by atoms with Crippen molar-refractivity contribution in [2.45, 2.75) is 11.3 Å². The Bertz CT molecular complexity index is 1040. The summed E-state index contributed by atoms with van der Waals surface area (Å²) in [5, 5.41) is 8.91. The van der Waals surface area contributed by atoms with Gasteiger partial charge in [0.15, 0.2) is 11.6 Å². The predicted octanol–water partition coefficient (Wildman–Crippen LogP) is 0.979. The smallest absolute Gasteiger partial charge is 0.240 e. The molecule has 30 heavy (non-hydrogen) atoms. The number of hydrogen-bond donors (Lipinski definition) is 1. The highest BCUT2D eigenvalue weighted by atomic mass is 32.2. The Kier molecular flexibility index (Phi) is 6.87. The normalized spacial score (nSPS) is 14.3. The standard InChI is InChI=1S/C20H23N5O4S/c1-29-18-6-3-8-22-20(18)25-12-10-24(11-13-25)19(26)7-9-23-30(27,28)17-5-2-4-16(14-17)15-21/h2-6,8,14,23H,7,9-13H2,1H3. The molecule has 1 aliphatic heterocycles. The number of ether oxygens (including phenoxy) is 1. The first-order valence-corrected chi connectivity index (χ1v) is 10.9. The minimum Gasteiger partial charge on any atom is -0.493 e. The molecule has 158 valence electrons. The zero-order valence-electron chi connectivity index (χ0n) is 16.6. The highest BCUT2D eigenvalue weighted by molar-refractivity contribution is 7.89. The zero-order valence-corrected chi connectivity index (χ0v) is 17.4. The van der Waals surface area contributed by atoms with Gasteiger partial charge < -0.3 is 14.5 Å². The number of pyridine rings is 1. The maximum Gasteiger partial charge on any atom is 0.240 e. The Balaban J connectivity index is 1.50. The van der Waals surface area contributed by atoms with E-state index in [1.807, 2.05) is 12.1 Å². The molecule has 2 aromatic rings. The molecule has 3 rings (SSSR count). The quantitative estimate of drug-likeness (QED) is 0.697. The summed E-state index contributed by atoms with van der Waals surface area (Å²) in [6, 6.07) is 11.3. The van der Waals surface area contributed by atoms with Gasteiger partial charge in [0.05, 0.1) is 23.6 Å². The van der Waals surface area contributed by atoms with Crippen LogP contribution < -0.4 is 14.4 Å². The number of carbonyl (C=O) groups is 1. The van der Waals surface area contributed by atoms with Gasteiger partial charge in [0, 0.05) is 45.3 Å². The molecule has 1 N–H and O–H groups in total. The van der Waals surface area contributed by atoms with Crippen molar-refractivity contribution in [2.75, 3.05) is 44.7 Å². The van der Waals surface area contributed by atoms with Gasteiger partial charge in [-0.25, -0.2) is 18.1 Å². The predicted molar refractivity (Wildman–Crippen MR) is 111 cm³/mol. The van der Waals surface area contributed by atoms with Crippen molar-refractivity contribution in [2.24, 2.45) is 0 Å². The summed E-state index contributed by atoms with van der Waals surface area (Å²) >= 11 is 0. The first kappa shape index (κ1) is 21.5. The molecule has 1 aromatic heterocycles. The van der Waals surface area contributed by atoms with Gasteiger partial charge in [0.1, 0.15) is 0 Å². The van der Waals surface area contributed by atoms with Crippen molar-refractivity contribution in [1.29, 1.82) is 5.26 Å². The second-order valence-corrected chi connectivity index (χ2v) is 8.45. The lowest BCUT2D eigenvalue weighted by molar-refractivity contribution is -0.131. The number of carbonyl (C=O) groups excluding carboxylic acids is 1. The number of benzene rings is 1. The maximum absolute atomic E-state index is 12.5. The molecule has 1 fully saturated rings. The van der Waals surface area contributed by atoms with Crippen LogP contribution in [0.5, 0.6) is 5.75 Å². The molecule has 1 aliphatic rings. The lowest BCUT2D eigenvalue weighted by Crippen LogP contribution is -2.49. The van der Waals surface area contributed by atoms with Crippen molar-refractivity contribution in [3.05, 3.63) is 48.2 Å². The third-order valence-electron chi connectivity index (χ3n) is 4.81. The highest BCUT2D eigenvalue weighted by Gasteiger charge is 2.24. The molecule has 1 saturated heterocycles. The van der Waals surface area contributed by atoms with Crippen LogP contribution in [-0.2, 0) is 14.8 Å². The number of piperazine rings is 1. The van der Waals surface area contributed by atoms with Gasteiger partial charge >= 0.3 is 0 Å². The lowest BCUT2D eigenvalue weighted by Gasteiger charge is -2.35. The summed E-state index contributed by atoms with van der Waals surface area (Å²) in [5.41, 5.74) is 0.261. The fraction of sp³-hybridized carbons (Fsp3) is 0.350. The molecule has 0 bridgehead atoms. The average Bonchev–Trinajstić information content (AvgIpc) is 2.79. The summed E-state index contributed by atoms with van der Waals surface area (Å²) in [6.07, 6.45) is 1.76. The van der Waals surface area contributed by atoms with Crippen LogP contribution in [0.15, 0.2) is 47.5 Å². The zero-order chi connectivity index (χ0) is 21.6. The van der Waals surface area contributed by atoms with Crippen LogP contribution in [0.25, 0.3) is 0 Å². The van der Waals surface area contributed by atoms with E-state index in [1.54, 1.807) is 24.3 Å². The molecule has 0 atom stereocenters. The number of sulfonamides is 1. The molecule has 0 unspecified atom stereocenters. The van der Waals surface area contributed by atoms with Crippen LogP contribution in [0.2, 0.25) is 0 Å². The number of aromatic nitrogens is 1. The van der Waals surface area contributed by atoms with Crippen molar-refractivity contribution in [3.63, 3.8) is 0 Å². The summed E-state index contributed by atoms with van der Waals surface area (Å²) in [4.78, 5) is 20.6. The van der Waals surface area contributed by atoms with Crippen molar-refractivity contribution >= 4 is 21.7 Å². The summed E-state index contributed by atoms with van der Waals surface area (Å²) < 4.78 is 32.5. The second kappa shape index (κ2) is 9.56. The molecule has 2 heterocycles. The van der Waals surface area contributed by atoms with E-state index in [0.717, 1.165) is 5.82 Å². The van der Waals surface area contributed by atoms with Crippen LogP contribution >= 0.6 is 0 Å². The summed E-state index contributed by atoms with van der Waals surface area (Å²) in [6.45, 7) is 2.27. The van der Waals surface area contributed by atoms with Gasteiger partial charge in [-0.2, -0.15) is 5.26 Å². The number of nitriles is 1. The first-order chi connectivity index (χ1) is 14.4. The molecule has 0 saturated carbocycles. The third-order valence-corrected chi connectivity index (χ3v) is 6.27. The second-order valence-electron chi connectivity index (χ2n) is 6.68. The van der Waals surface area contributed by atoms with Gasteiger partial charge in [-0.15, -0.1) is 0 Å². The van der Waals surface area contributed by atoms with Crippen molar-refractivity contribution in [1.82, 2.24) is 14.6 Å². The molecule has 10 heteroatoms. The maximum atomic E-state index is 12.5. The number of nitrogens with one attached hydrogen (secondary N) is 1. The molecule has 0 aliphatic carbocycles. The fourth-order valence-electron chi connectivity index (χ4n) is 3.21. The number of hydrogen-bond acceptors (Lipinski definition) is 7. The topological polar surface area (TPSA) is 116 Å². The van der Waals surface area contributed by atoms with Gasteiger partial charge in [-0.05, 0) is 30.3 Å². The van der Waals surface area contributed by atoms with Crippen LogP contribution in [-0.4, -0.2) is 64.0 Å². The average molecular weight is 430 g/mol. The van der Waals surface area contributed by atoms with Gasteiger partial charge in [-0.3, -0.25) is 4.79 Å². The number of rotatable bonds is 7. The van der Waals surface area contributed by atoms with E-state index in [9.17, 15) is 13.2 Å². The molecule has 9 nitrogen and oxygen atoms in total. The molecule has 1 aromatic carbocycles. The molecule has 1 amide bonds. The van der Waals surface area contributed by atoms with Crippen molar-refractivity contribution < 1.29 is 17.9 Å². The van der Waals surface area contributed by atoms with Crippen molar-refractivity contribution in [3.8, 4) is 11.8 Å². The number of nitrogens with zero attached hydrogens (tertiary/aromatic N) is 4. The fourth-order valence-corrected chi connectivity index (χ4v) is 4.29. The Morgan fingerprint density at radius 3 is 2.70 bits per heavy atom. The minimum atomic E-state index is -3.77. The number of amides is 1. The van der Waals surface area contributed by atoms with E-state index < -0.39 is 10.0 Å². The van der Waals surface area contributed by atoms with Gasteiger partial charge in [0.2, 0.25) is 15.9 Å². The van der Waals surface area contributed by atoms with Gasteiger partial charge in [0.25, 0.3) is 0 Å². The van der Waals surface area contributed by atoms with E-state index in [-0.39, 0.29) is 29.3 Å². The molecule has 0 radical (unpaired) electrons. The summed E-state index contributed by atoms with van der Waals surface area (Å²) in [5.74, 6) is 1.32. The van der Waals surface area contributed by atoms with Crippen LogP contribution in [0.3, 0.4) is 0 Å². The number of anilines is 1. The monoisotopic (exact) mass is 429 g/mol. The minimum absolute atomic E-state index is 0.00641. The van der Waals surface area contributed by atoms with Crippen LogP contribution in [0.4, 0.5) is 5.82 Å². The molecular formula is C20H23N5O4S. The third kappa shape index (κ3) is 5.06. The lowest BCUT2D eigenvalue weighted by atomic mass is 10.2. The Morgan fingerprint density at radius 2 is 2.00 bits per heavy atom. The van der Waals surface area contributed by atoms with Gasteiger partial charge in [-0.1, -0.05) is 6.07 Å². The Hall–Kier alpha value is -3.16. The van der Waals surface area contributed by atoms with E-state index in [0.29, 0.717) is 31.9 Å². The first-order valence-electron chi connectivity index (χ1n) is 9.46. The van der Waals surface area contributed by atoms with E-state index in [4.69, 9.17) is 10.00 Å². The van der Waals surface area contributed by atoms with E-state index in [1.165, 1.54) is 24.3 Å². The largest absolute Gasteiger partial charge is 0.493 e.